The van der Waals surface area contributed by atoms with Gasteiger partial charge >= 0.3 is 0 Å². The number of nitrogens with two attached hydrogens (primary N) is 1. The standard InChI is InChI=1S/C8H9N3O/c9-2-1-6-3-8(12)4-7(5-10)11-6/h3-4H,1-2,9H2,(H,11,12). The molecule has 62 valence electrons. The van der Waals surface area contributed by atoms with Gasteiger partial charge < -0.3 is 10.7 Å². The fraction of sp³-hybridized carbons (Fsp3) is 0.250. The van der Waals surface area contributed by atoms with Gasteiger partial charge in [-0.25, -0.2) is 0 Å². The van der Waals surface area contributed by atoms with Crippen molar-refractivity contribution in [3.05, 3.63) is 33.7 Å². The Bertz CT molecular complexity index is 361. The minimum atomic E-state index is -0.159. The molecule has 4 heteroatoms. The van der Waals surface area contributed by atoms with E-state index in [0.717, 1.165) is 0 Å². The van der Waals surface area contributed by atoms with Crippen LogP contribution in [0, 0.1) is 11.3 Å². The zero-order chi connectivity index (χ0) is 8.97. The maximum absolute atomic E-state index is 10.9. The fourth-order valence-electron chi connectivity index (χ4n) is 0.951. The second kappa shape index (κ2) is 3.69. The van der Waals surface area contributed by atoms with E-state index in [9.17, 15) is 4.79 Å². The minimum absolute atomic E-state index is 0.159. The third-order valence-electron chi connectivity index (χ3n) is 1.43. The zero-order valence-corrected chi connectivity index (χ0v) is 6.50. The van der Waals surface area contributed by atoms with Gasteiger partial charge in [0, 0.05) is 17.8 Å². The first-order chi connectivity index (χ1) is 5.76. The van der Waals surface area contributed by atoms with Crippen LogP contribution in [0.4, 0.5) is 0 Å². The predicted octanol–water partition coefficient (Wildman–Crippen LogP) is -0.252. The van der Waals surface area contributed by atoms with E-state index < -0.39 is 0 Å². The topological polar surface area (TPSA) is 82.7 Å². The van der Waals surface area contributed by atoms with Crippen LogP contribution in [0.1, 0.15) is 11.4 Å². The zero-order valence-electron chi connectivity index (χ0n) is 6.50. The molecule has 0 bridgehead atoms. The highest BCUT2D eigenvalue weighted by atomic mass is 16.1. The Morgan fingerprint density at radius 1 is 1.58 bits per heavy atom. The lowest BCUT2D eigenvalue weighted by Crippen LogP contribution is -2.09. The van der Waals surface area contributed by atoms with Crippen molar-refractivity contribution in [3.8, 4) is 6.07 Å². The van der Waals surface area contributed by atoms with Crippen LogP contribution in [0.25, 0.3) is 0 Å². The summed E-state index contributed by atoms with van der Waals surface area (Å²) < 4.78 is 0. The summed E-state index contributed by atoms with van der Waals surface area (Å²) in [6.45, 7) is 0.463. The molecule has 0 saturated carbocycles. The van der Waals surface area contributed by atoms with Gasteiger partial charge in [-0.1, -0.05) is 0 Å². The summed E-state index contributed by atoms with van der Waals surface area (Å²) in [5.41, 5.74) is 6.13. The number of nitrogens with one attached hydrogen (secondary N) is 1. The summed E-state index contributed by atoms with van der Waals surface area (Å²) >= 11 is 0. The summed E-state index contributed by atoms with van der Waals surface area (Å²) in [7, 11) is 0. The molecule has 12 heavy (non-hydrogen) atoms. The van der Waals surface area contributed by atoms with Crippen molar-refractivity contribution >= 4 is 0 Å². The Morgan fingerprint density at radius 3 is 2.92 bits per heavy atom. The lowest BCUT2D eigenvalue weighted by Gasteiger charge is -1.97. The van der Waals surface area contributed by atoms with Crippen LogP contribution >= 0.6 is 0 Å². The van der Waals surface area contributed by atoms with E-state index >= 15 is 0 Å². The van der Waals surface area contributed by atoms with Gasteiger partial charge in [0.25, 0.3) is 0 Å². The first-order valence-corrected chi connectivity index (χ1v) is 3.59. The molecule has 0 aromatic carbocycles. The smallest absolute Gasteiger partial charge is 0.183 e. The summed E-state index contributed by atoms with van der Waals surface area (Å²) in [5.74, 6) is 0. The number of hydrogen-bond acceptors (Lipinski definition) is 3. The number of pyridine rings is 1. The third-order valence-corrected chi connectivity index (χ3v) is 1.43. The molecule has 4 nitrogen and oxygen atoms in total. The summed E-state index contributed by atoms with van der Waals surface area (Å²) in [5, 5.41) is 8.50. The molecule has 3 N–H and O–H groups in total. The second-order valence-electron chi connectivity index (χ2n) is 2.41. The van der Waals surface area contributed by atoms with Crippen LogP contribution in [0.5, 0.6) is 0 Å². The number of nitriles is 1. The third kappa shape index (κ3) is 1.94. The quantitative estimate of drug-likeness (QED) is 0.630. The van der Waals surface area contributed by atoms with Gasteiger partial charge in [-0.3, -0.25) is 4.79 Å². The Morgan fingerprint density at radius 2 is 2.33 bits per heavy atom. The molecule has 1 aromatic rings. The number of nitrogens with zero attached hydrogens (tertiary/aromatic N) is 1. The lowest BCUT2D eigenvalue weighted by atomic mass is 10.2. The molecule has 0 amide bonds. The van der Waals surface area contributed by atoms with Crippen LogP contribution < -0.4 is 11.2 Å². The highest BCUT2D eigenvalue weighted by molar-refractivity contribution is 5.22. The normalized spacial score (nSPS) is 9.33. The van der Waals surface area contributed by atoms with Crippen molar-refractivity contribution < 1.29 is 0 Å². The second-order valence-corrected chi connectivity index (χ2v) is 2.41. The molecule has 0 unspecified atom stereocenters. The van der Waals surface area contributed by atoms with Gasteiger partial charge in [-0.2, -0.15) is 5.26 Å². The fourth-order valence-corrected chi connectivity index (χ4v) is 0.951. The molecule has 1 heterocycles. The number of H-pyrrole nitrogens is 1. The number of hydrogen-bond donors (Lipinski definition) is 2. The lowest BCUT2D eigenvalue weighted by molar-refractivity contribution is 0.916. The number of aromatic nitrogens is 1. The molecule has 1 aromatic heterocycles. The van der Waals surface area contributed by atoms with Crippen LogP contribution in [-0.2, 0) is 6.42 Å². The van der Waals surface area contributed by atoms with Crippen molar-refractivity contribution in [2.24, 2.45) is 5.73 Å². The first-order valence-electron chi connectivity index (χ1n) is 3.59. The summed E-state index contributed by atoms with van der Waals surface area (Å²) in [6.07, 6.45) is 0.588. The maximum atomic E-state index is 10.9. The Kier molecular flexibility index (Phi) is 2.62. The maximum Gasteiger partial charge on any atom is 0.183 e. The van der Waals surface area contributed by atoms with Crippen molar-refractivity contribution in [2.45, 2.75) is 6.42 Å². The largest absolute Gasteiger partial charge is 0.350 e. The van der Waals surface area contributed by atoms with E-state index in [2.05, 4.69) is 4.98 Å². The van der Waals surface area contributed by atoms with E-state index in [4.69, 9.17) is 11.0 Å². The Balaban J connectivity index is 3.09. The van der Waals surface area contributed by atoms with Gasteiger partial charge in [0.15, 0.2) is 5.43 Å². The highest BCUT2D eigenvalue weighted by Gasteiger charge is 1.96. The molecule has 0 spiro atoms. The summed E-state index contributed by atoms with van der Waals surface area (Å²) in [6, 6.07) is 4.59. The first kappa shape index (κ1) is 8.50. The Labute approximate surface area is 69.6 Å². The van der Waals surface area contributed by atoms with Crippen molar-refractivity contribution in [2.75, 3.05) is 6.54 Å². The van der Waals surface area contributed by atoms with E-state index in [1.54, 1.807) is 0 Å². The minimum Gasteiger partial charge on any atom is -0.350 e. The van der Waals surface area contributed by atoms with E-state index in [0.29, 0.717) is 18.7 Å². The molecular formula is C8H9N3O. The van der Waals surface area contributed by atoms with Gasteiger partial charge in [0.05, 0.1) is 0 Å². The average Bonchev–Trinajstić information content (AvgIpc) is 2.04. The Hall–Kier alpha value is -1.60. The van der Waals surface area contributed by atoms with Crippen LogP contribution in [0.15, 0.2) is 16.9 Å². The van der Waals surface area contributed by atoms with Crippen molar-refractivity contribution in [3.63, 3.8) is 0 Å². The molecule has 0 fully saturated rings. The number of aromatic amines is 1. The van der Waals surface area contributed by atoms with Gasteiger partial charge in [-0.15, -0.1) is 0 Å². The summed E-state index contributed by atoms with van der Waals surface area (Å²) in [4.78, 5) is 13.7. The SMILES string of the molecule is N#Cc1cc(=O)cc(CCN)[nH]1. The molecular weight excluding hydrogens is 154 g/mol. The molecule has 0 aliphatic heterocycles. The van der Waals surface area contributed by atoms with Crippen LogP contribution in [0.2, 0.25) is 0 Å². The number of rotatable bonds is 2. The van der Waals surface area contributed by atoms with Crippen LogP contribution in [-0.4, -0.2) is 11.5 Å². The van der Waals surface area contributed by atoms with Gasteiger partial charge in [0.1, 0.15) is 11.8 Å². The van der Waals surface area contributed by atoms with E-state index in [-0.39, 0.29) is 11.1 Å². The highest BCUT2D eigenvalue weighted by Crippen LogP contribution is 1.93. The van der Waals surface area contributed by atoms with Crippen molar-refractivity contribution in [1.82, 2.24) is 4.98 Å². The molecule has 0 saturated heterocycles. The molecule has 0 atom stereocenters. The average molecular weight is 163 g/mol. The van der Waals surface area contributed by atoms with Crippen LogP contribution in [0.3, 0.4) is 0 Å². The monoisotopic (exact) mass is 163 g/mol. The molecule has 1 rings (SSSR count). The predicted molar refractivity (Wildman–Crippen MR) is 44.5 cm³/mol. The van der Waals surface area contributed by atoms with E-state index in [1.165, 1.54) is 12.1 Å². The molecule has 0 aliphatic carbocycles. The molecule has 0 radical (unpaired) electrons. The van der Waals surface area contributed by atoms with E-state index in [1.807, 2.05) is 6.07 Å². The van der Waals surface area contributed by atoms with Gasteiger partial charge in [0.2, 0.25) is 0 Å². The van der Waals surface area contributed by atoms with Crippen molar-refractivity contribution in [1.29, 1.82) is 5.26 Å². The van der Waals surface area contributed by atoms with Gasteiger partial charge in [-0.05, 0) is 13.0 Å². The molecule has 0 aliphatic rings.